The number of fused-ring (bicyclic) bond motifs is 1. The average molecular weight is 286 g/mol. The Labute approximate surface area is 130 Å². The van der Waals surface area contributed by atoms with Gasteiger partial charge in [-0.05, 0) is 47.4 Å². The van der Waals surface area contributed by atoms with E-state index in [0.717, 1.165) is 19.4 Å². The van der Waals surface area contributed by atoms with Crippen molar-refractivity contribution in [2.45, 2.75) is 12.8 Å². The van der Waals surface area contributed by atoms with Gasteiger partial charge in [-0.15, -0.1) is 0 Å². The minimum atomic E-state index is 0.987. The van der Waals surface area contributed by atoms with Crippen LogP contribution in [0.1, 0.15) is 18.4 Å². The fourth-order valence-corrected chi connectivity index (χ4v) is 3.00. The summed E-state index contributed by atoms with van der Waals surface area (Å²) in [4.78, 5) is 0. The van der Waals surface area contributed by atoms with Gasteiger partial charge >= 0.3 is 0 Å². The first kappa shape index (κ1) is 13.1. The minimum Gasteiger partial charge on any atom is -0.265 e. The molecule has 108 valence electrons. The van der Waals surface area contributed by atoms with E-state index in [1.165, 1.54) is 27.7 Å². The first-order chi connectivity index (χ1) is 10.9. The molecule has 1 aliphatic heterocycles. The molecule has 0 N–H and O–H groups in total. The van der Waals surface area contributed by atoms with Gasteiger partial charge in [0.15, 0.2) is 0 Å². The fourth-order valence-electron chi connectivity index (χ4n) is 3.00. The van der Waals surface area contributed by atoms with Crippen LogP contribution in [0, 0.1) is 0 Å². The van der Waals surface area contributed by atoms with Gasteiger partial charge in [0.25, 0.3) is 0 Å². The predicted octanol–water partition coefficient (Wildman–Crippen LogP) is 4.84. The van der Waals surface area contributed by atoms with E-state index in [2.05, 4.69) is 71.7 Å². The molecule has 0 aromatic heterocycles. The Bertz CT molecular complexity index is 821. The Hall–Kier alpha value is -2.61. The van der Waals surface area contributed by atoms with Crippen LogP contribution in [-0.4, -0.2) is 12.3 Å². The van der Waals surface area contributed by atoms with Gasteiger partial charge in [-0.2, -0.15) is 5.10 Å². The number of nitrogens with zero attached hydrogens (tertiary/aromatic N) is 2. The Morgan fingerprint density at radius 3 is 2.41 bits per heavy atom. The molecule has 0 saturated carbocycles. The normalized spacial score (nSPS) is 14.9. The van der Waals surface area contributed by atoms with Crippen LogP contribution in [0.15, 0.2) is 77.9 Å². The molecule has 0 radical (unpaired) electrons. The summed E-state index contributed by atoms with van der Waals surface area (Å²) in [6.07, 6.45) is 2.18. The SMILES string of the molecule is c1ccc(N2CCCC(c3ccc4ccccc4c3)=N2)cc1. The van der Waals surface area contributed by atoms with E-state index >= 15 is 0 Å². The maximum Gasteiger partial charge on any atom is 0.0682 e. The standard InChI is InChI=1S/C20H18N2/c1-2-9-19(10-3-1)22-14-6-11-20(21-22)18-13-12-16-7-4-5-8-17(16)15-18/h1-5,7-10,12-13,15H,6,11,14H2. The Kier molecular flexibility index (Phi) is 3.36. The van der Waals surface area contributed by atoms with Crippen molar-refractivity contribution >= 4 is 22.2 Å². The third-order valence-corrected chi connectivity index (χ3v) is 4.16. The van der Waals surface area contributed by atoms with Gasteiger partial charge in [0.2, 0.25) is 0 Å². The third-order valence-electron chi connectivity index (χ3n) is 4.16. The van der Waals surface area contributed by atoms with Gasteiger partial charge in [0, 0.05) is 6.54 Å². The van der Waals surface area contributed by atoms with Crippen molar-refractivity contribution in [3.05, 3.63) is 78.4 Å². The maximum atomic E-state index is 4.88. The van der Waals surface area contributed by atoms with E-state index in [9.17, 15) is 0 Å². The highest BCUT2D eigenvalue weighted by atomic mass is 15.5. The van der Waals surface area contributed by atoms with Gasteiger partial charge in [-0.25, -0.2) is 0 Å². The van der Waals surface area contributed by atoms with Crippen molar-refractivity contribution in [1.29, 1.82) is 0 Å². The van der Waals surface area contributed by atoms with Crippen molar-refractivity contribution < 1.29 is 0 Å². The lowest BCUT2D eigenvalue weighted by Gasteiger charge is -2.25. The third kappa shape index (κ3) is 2.48. The van der Waals surface area contributed by atoms with Gasteiger partial charge in [0.05, 0.1) is 11.4 Å². The van der Waals surface area contributed by atoms with E-state index in [4.69, 9.17) is 5.10 Å². The van der Waals surface area contributed by atoms with Crippen LogP contribution in [0.25, 0.3) is 10.8 Å². The first-order valence-corrected chi connectivity index (χ1v) is 7.79. The molecule has 1 heterocycles. The summed E-state index contributed by atoms with van der Waals surface area (Å²) < 4.78 is 0. The van der Waals surface area contributed by atoms with Crippen LogP contribution in [0.4, 0.5) is 5.69 Å². The zero-order chi connectivity index (χ0) is 14.8. The van der Waals surface area contributed by atoms with E-state index in [1.807, 2.05) is 6.07 Å². The molecule has 0 fully saturated rings. The molecule has 3 aromatic rings. The highest BCUT2D eigenvalue weighted by Gasteiger charge is 2.15. The zero-order valence-corrected chi connectivity index (χ0v) is 12.4. The molecule has 0 bridgehead atoms. The molecule has 2 nitrogen and oxygen atoms in total. The fraction of sp³-hybridized carbons (Fsp3) is 0.150. The second-order valence-corrected chi connectivity index (χ2v) is 5.67. The highest BCUT2D eigenvalue weighted by Crippen LogP contribution is 2.23. The van der Waals surface area contributed by atoms with E-state index in [0.29, 0.717) is 0 Å². The van der Waals surface area contributed by atoms with Crippen molar-refractivity contribution in [3.8, 4) is 0 Å². The molecule has 0 amide bonds. The second-order valence-electron chi connectivity index (χ2n) is 5.67. The van der Waals surface area contributed by atoms with E-state index in [-0.39, 0.29) is 0 Å². The predicted molar refractivity (Wildman–Crippen MR) is 93.5 cm³/mol. The van der Waals surface area contributed by atoms with Crippen molar-refractivity contribution in [2.24, 2.45) is 5.10 Å². The van der Waals surface area contributed by atoms with Crippen LogP contribution in [0.5, 0.6) is 0 Å². The van der Waals surface area contributed by atoms with E-state index in [1.54, 1.807) is 0 Å². The van der Waals surface area contributed by atoms with Crippen molar-refractivity contribution in [3.63, 3.8) is 0 Å². The summed E-state index contributed by atoms with van der Waals surface area (Å²) in [5.41, 5.74) is 3.58. The molecule has 22 heavy (non-hydrogen) atoms. The van der Waals surface area contributed by atoms with Gasteiger partial charge in [0.1, 0.15) is 0 Å². The Balaban J connectivity index is 1.72. The van der Waals surface area contributed by atoms with Gasteiger partial charge < -0.3 is 0 Å². The van der Waals surface area contributed by atoms with Crippen LogP contribution in [0.3, 0.4) is 0 Å². The van der Waals surface area contributed by atoms with Crippen LogP contribution < -0.4 is 5.01 Å². The number of rotatable bonds is 2. The zero-order valence-electron chi connectivity index (χ0n) is 12.4. The number of anilines is 1. The molecule has 1 aliphatic rings. The topological polar surface area (TPSA) is 15.6 Å². The molecular formula is C20H18N2. The van der Waals surface area contributed by atoms with Crippen LogP contribution in [-0.2, 0) is 0 Å². The minimum absolute atomic E-state index is 0.987. The maximum absolute atomic E-state index is 4.88. The molecule has 3 aromatic carbocycles. The summed E-state index contributed by atoms with van der Waals surface area (Å²) in [5, 5.41) is 9.56. The summed E-state index contributed by atoms with van der Waals surface area (Å²) in [6, 6.07) is 25.5. The van der Waals surface area contributed by atoms with Crippen LogP contribution >= 0.6 is 0 Å². The van der Waals surface area contributed by atoms with Crippen molar-refractivity contribution in [1.82, 2.24) is 0 Å². The quantitative estimate of drug-likeness (QED) is 0.658. The lowest BCUT2D eigenvalue weighted by atomic mass is 10.0. The smallest absolute Gasteiger partial charge is 0.0682 e. The van der Waals surface area contributed by atoms with Gasteiger partial charge in [-0.3, -0.25) is 5.01 Å². The molecule has 2 heteroatoms. The molecule has 0 atom stereocenters. The molecule has 0 aliphatic carbocycles. The Morgan fingerprint density at radius 1 is 0.773 bits per heavy atom. The molecule has 0 spiro atoms. The monoisotopic (exact) mass is 286 g/mol. The summed E-state index contributed by atoms with van der Waals surface area (Å²) >= 11 is 0. The summed E-state index contributed by atoms with van der Waals surface area (Å²) in [5.74, 6) is 0. The summed E-state index contributed by atoms with van der Waals surface area (Å²) in [7, 11) is 0. The number of hydrogen-bond donors (Lipinski definition) is 0. The molecule has 0 unspecified atom stereocenters. The van der Waals surface area contributed by atoms with E-state index < -0.39 is 0 Å². The lowest BCUT2D eigenvalue weighted by molar-refractivity contribution is 0.741. The molecule has 4 rings (SSSR count). The Morgan fingerprint density at radius 2 is 1.55 bits per heavy atom. The summed E-state index contributed by atoms with van der Waals surface area (Å²) in [6.45, 7) is 0.987. The molecule has 0 saturated heterocycles. The van der Waals surface area contributed by atoms with Gasteiger partial charge in [-0.1, -0.05) is 54.6 Å². The number of para-hydroxylation sites is 1. The number of benzene rings is 3. The highest BCUT2D eigenvalue weighted by molar-refractivity contribution is 6.04. The lowest BCUT2D eigenvalue weighted by Crippen LogP contribution is -2.26. The average Bonchev–Trinajstić information content (AvgIpc) is 2.62. The van der Waals surface area contributed by atoms with Crippen molar-refractivity contribution in [2.75, 3.05) is 11.6 Å². The number of hydrogen-bond acceptors (Lipinski definition) is 2. The second kappa shape index (κ2) is 5.64. The number of hydrazone groups is 1. The first-order valence-electron chi connectivity index (χ1n) is 7.79. The largest absolute Gasteiger partial charge is 0.265 e. The molecular weight excluding hydrogens is 268 g/mol. The van der Waals surface area contributed by atoms with Crippen LogP contribution in [0.2, 0.25) is 0 Å².